The average molecular weight is 402 g/mol. The number of nitriles is 1. The molecule has 0 saturated heterocycles. The number of benzene rings is 2. The second-order valence-corrected chi connectivity index (χ2v) is 6.00. The zero-order valence-corrected chi connectivity index (χ0v) is 15.2. The number of nitrogens with zero attached hydrogens (tertiary/aromatic N) is 2. The van der Waals surface area contributed by atoms with Crippen LogP contribution in [0.25, 0.3) is 17.4 Å². The molecule has 1 aromatic heterocycles. The zero-order chi connectivity index (χ0) is 21.7. The first-order valence-electron chi connectivity index (χ1n) is 8.46. The third-order valence-corrected chi connectivity index (χ3v) is 3.98. The summed E-state index contributed by atoms with van der Waals surface area (Å²) >= 11 is 0. The predicted octanol–water partition coefficient (Wildman–Crippen LogP) is 2.76. The number of furan rings is 1. The molecule has 1 heterocycles. The molecule has 0 spiro atoms. The van der Waals surface area contributed by atoms with E-state index in [1.165, 1.54) is 54.6 Å². The zero-order valence-electron chi connectivity index (χ0n) is 15.2. The molecule has 0 aliphatic rings. The molecule has 1 N–H and O–H groups in total. The minimum atomic E-state index is -1.40. The molecule has 0 saturated carbocycles. The van der Waals surface area contributed by atoms with Gasteiger partial charge in [0.25, 0.3) is 11.6 Å². The molecule has 30 heavy (non-hydrogen) atoms. The average Bonchev–Trinajstić information content (AvgIpc) is 3.21. The lowest BCUT2D eigenvalue weighted by molar-refractivity contribution is -0.384. The Labute approximate surface area is 169 Å². The molecule has 0 aliphatic carbocycles. The molecule has 0 atom stereocenters. The summed E-state index contributed by atoms with van der Waals surface area (Å²) in [4.78, 5) is 33.6. The SMILES string of the molecule is N#C/C(=C/c1ccc(-c2cccc([N+](=O)[O-])c2)o1)C(=O)Nc1cccc(C(=O)[O-])c1. The van der Waals surface area contributed by atoms with Crippen molar-refractivity contribution in [2.24, 2.45) is 0 Å². The molecular formula is C21H12N3O6-. The molecule has 148 valence electrons. The normalized spacial score (nSPS) is 10.8. The number of nitrogens with one attached hydrogen (secondary N) is 1. The number of amides is 1. The van der Waals surface area contributed by atoms with Gasteiger partial charge in [0.1, 0.15) is 23.2 Å². The number of nitro groups is 1. The van der Waals surface area contributed by atoms with Crippen LogP contribution < -0.4 is 10.4 Å². The van der Waals surface area contributed by atoms with Crippen molar-refractivity contribution in [1.29, 1.82) is 5.26 Å². The van der Waals surface area contributed by atoms with Gasteiger partial charge in [-0.2, -0.15) is 5.26 Å². The minimum absolute atomic E-state index is 0.100. The van der Waals surface area contributed by atoms with Gasteiger partial charge in [-0.25, -0.2) is 0 Å². The highest BCUT2D eigenvalue weighted by atomic mass is 16.6. The number of rotatable bonds is 6. The van der Waals surface area contributed by atoms with E-state index < -0.39 is 16.8 Å². The molecule has 2 aromatic carbocycles. The molecule has 0 fully saturated rings. The van der Waals surface area contributed by atoms with Gasteiger partial charge in [-0.1, -0.05) is 24.3 Å². The van der Waals surface area contributed by atoms with Crippen molar-refractivity contribution in [2.75, 3.05) is 5.32 Å². The summed E-state index contributed by atoms with van der Waals surface area (Å²) in [5.74, 6) is -1.65. The van der Waals surface area contributed by atoms with Gasteiger partial charge in [-0.15, -0.1) is 0 Å². The van der Waals surface area contributed by atoms with E-state index in [2.05, 4.69) is 5.32 Å². The summed E-state index contributed by atoms with van der Waals surface area (Å²) in [7, 11) is 0. The number of carbonyl (C=O) groups excluding carboxylic acids is 2. The highest BCUT2D eigenvalue weighted by molar-refractivity contribution is 6.09. The molecular weight excluding hydrogens is 390 g/mol. The largest absolute Gasteiger partial charge is 0.545 e. The summed E-state index contributed by atoms with van der Waals surface area (Å²) in [6.07, 6.45) is 1.21. The van der Waals surface area contributed by atoms with Crippen molar-refractivity contribution in [3.63, 3.8) is 0 Å². The van der Waals surface area contributed by atoms with Crippen molar-refractivity contribution in [1.82, 2.24) is 0 Å². The summed E-state index contributed by atoms with van der Waals surface area (Å²) in [5.41, 5.74) is 0.138. The molecule has 0 bridgehead atoms. The van der Waals surface area contributed by atoms with Gasteiger partial charge < -0.3 is 19.6 Å². The van der Waals surface area contributed by atoms with Crippen molar-refractivity contribution in [3.05, 3.63) is 87.7 Å². The number of nitro benzene ring substituents is 1. The Morgan fingerprint density at radius 1 is 1.10 bits per heavy atom. The highest BCUT2D eigenvalue weighted by Gasteiger charge is 2.13. The molecule has 1 amide bonds. The van der Waals surface area contributed by atoms with Gasteiger partial charge in [0.15, 0.2) is 0 Å². The Balaban J connectivity index is 1.81. The second kappa shape index (κ2) is 8.53. The molecule has 3 aromatic rings. The number of aromatic carboxylic acids is 1. The van der Waals surface area contributed by atoms with Crippen molar-refractivity contribution in [2.45, 2.75) is 0 Å². The lowest BCUT2D eigenvalue weighted by atomic mass is 10.1. The molecule has 0 aliphatic heterocycles. The second-order valence-electron chi connectivity index (χ2n) is 6.00. The number of non-ortho nitro benzene ring substituents is 1. The van der Waals surface area contributed by atoms with Crippen LogP contribution in [-0.4, -0.2) is 16.8 Å². The fraction of sp³-hybridized carbons (Fsp3) is 0. The van der Waals surface area contributed by atoms with Crippen LogP contribution in [0.1, 0.15) is 16.1 Å². The Morgan fingerprint density at radius 2 is 1.87 bits per heavy atom. The maximum absolute atomic E-state index is 12.3. The number of hydrogen-bond acceptors (Lipinski definition) is 7. The van der Waals surface area contributed by atoms with Crippen LogP contribution in [0.3, 0.4) is 0 Å². The van der Waals surface area contributed by atoms with Crippen molar-refractivity contribution < 1.29 is 24.0 Å². The Bertz CT molecular complexity index is 1220. The van der Waals surface area contributed by atoms with E-state index in [4.69, 9.17) is 4.42 Å². The maximum Gasteiger partial charge on any atom is 0.270 e. The third kappa shape index (κ3) is 4.58. The Morgan fingerprint density at radius 3 is 2.57 bits per heavy atom. The minimum Gasteiger partial charge on any atom is -0.545 e. The third-order valence-electron chi connectivity index (χ3n) is 3.98. The van der Waals surface area contributed by atoms with E-state index in [9.17, 15) is 30.1 Å². The van der Waals surface area contributed by atoms with Crippen LogP contribution in [0.4, 0.5) is 11.4 Å². The number of carboxylic acid groups (broad SMARTS) is 1. The summed E-state index contributed by atoms with van der Waals surface area (Å²) in [6, 6.07) is 16.1. The maximum atomic E-state index is 12.3. The Kier molecular flexibility index (Phi) is 5.70. The van der Waals surface area contributed by atoms with Crippen LogP contribution in [0.15, 0.2) is 70.7 Å². The summed E-state index contributed by atoms with van der Waals surface area (Å²) in [6.45, 7) is 0. The number of carbonyl (C=O) groups is 2. The molecule has 9 heteroatoms. The van der Waals surface area contributed by atoms with Crippen LogP contribution in [0.5, 0.6) is 0 Å². The van der Waals surface area contributed by atoms with E-state index in [-0.39, 0.29) is 28.3 Å². The summed E-state index contributed by atoms with van der Waals surface area (Å²) in [5, 5.41) is 33.5. The molecule has 3 rings (SSSR count). The van der Waals surface area contributed by atoms with Gasteiger partial charge in [0.05, 0.1) is 10.9 Å². The lowest BCUT2D eigenvalue weighted by Crippen LogP contribution is -2.22. The predicted molar refractivity (Wildman–Crippen MR) is 104 cm³/mol. The van der Waals surface area contributed by atoms with Crippen LogP contribution in [-0.2, 0) is 4.79 Å². The van der Waals surface area contributed by atoms with Gasteiger partial charge in [-0.05, 0) is 29.8 Å². The van der Waals surface area contributed by atoms with Gasteiger partial charge >= 0.3 is 0 Å². The monoisotopic (exact) mass is 402 g/mol. The van der Waals surface area contributed by atoms with Crippen LogP contribution >= 0.6 is 0 Å². The van der Waals surface area contributed by atoms with E-state index in [0.29, 0.717) is 11.3 Å². The van der Waals surface area contributed by atoms with Gasteiger partial charge in [0, 0.05) is 29.5 Å². The fourth-order valence-electron chi connectivity index (χ4n) is 2.57. The van der Waals surface area contributed by atoms with Crippen molar-refractivity contribution >= 4 is 29.3 Å². The van der Waals surface area contributed by atoms with E-state index in [1.54, 1.807) is 18.2 Å². The standard InChI is InChI=1S/C21H13N3O6/c22-12-15(20(25)23-16-5-1-4-14(9-16)21(26)27)11-18-7-8-19(30-18)13-3-2-6-17(10-13)24(28)29/h1-11H,(H,23,25)(H,26,27)/p-1/b15-11-. The van der Waals surface area contributed by atoms with E-state index in [1.807, 2.05) is 0 Å². The topological polar surface area (TPSA) is 149 Å². The fourth-order valence-corrected chi connectivity index (χ4v) is 2.57. The van der Waals surface area contributed by atoms with E-state index >= 15 is 0 Å². The molecule has 9 nitrogen and oxygen atoms in total. The van der Waals surface area contributed by atoms with Crippen molar-refractivity contribution in [3.8, 4) is 17.4 Å². The number of carboxylic acids is 1. The first-order chi connectivity index (χ1) is 14.4. The molecule has 0 unspecified atom stereocenters. The van der Waals surface area contributed by atoms with Gasteiger partial charge in [-0.3, -0.25) is 14.9 Å². The highest BCUT2D eigenvalue weighted by Crippen LogP contribution is 2.26. The number of anilines is 1. The number of hydrogen-bond donors (Lipinski definition) is 1. The first-order valence-corrected chi connectivity index (χ1v) is 8.46. The smallest absolute Gasteiger partial charge is 0.270 e. The quantitative estimate of drug-likeness (QED) is 0.288. The first kappa shape index (κ1) is 20.0. The van der Waals surface area contributed by atoms with Crippen LogP contribution in [0.2, 0.25) is 0 Å². The van der Waals surface area contributed by atoms with Gasteiger partial charge in [0.2, 0.25) is 0 Å². The van der Waals surface area contributed by atoms with Crippen LogP contribution in [0, 0.1) is 21.4 Å². The summed E-state index contributed by atoms with van der Waals surface area (Å²) < 4.78 is 5.57. The Hall–Kier alpha value is -4.71. The van der Waals surface area contributed by atoms with E-state index in [0.717, 1.165) is 0 Å². The lowest BCUT2D eigenvalue weighted by Gasteiger charge is -2.07. The molecule has 0 radical (unpaired) electrons.